The van der Waals surface area contributed by atoms with Crippen LogP contribution in [0.1, 0.15) is 47.6 Å². The first kappa shape index (κ1) is 13.9. The molecule has 0 saturated carbocycles. The van der Waals surface area contributed by atoms with E-state index in [1.54, 1.807) is 12.1 Å². The third kappa shape index (κ3) is 2.37. The van der Waals surface area contributed by atoms with Gasteiger partial charge in [0.15, 0.2) is 0 Å². The van der Waals surface area contributed by atoms with Gasteiger partial charge in [0.25, 0.3) is 0 Å². The van der Waals surface area contributed by atoms with Crippen LogP contribution in [0, 0.1) is 19.7 Å². The first-order valence-corrected chi connectivity index (χ1v) is 7.32. The van der Waals surface area contributed by atoms with E-state index in [0.717, 1.165) is 23.2 Å². The lowest BCUT2D eigenvalue weighted by Crippen LogP contribution is -2.09. The molecule has 21 heavy (non-hydrogen) atoms. The molecule has 0 radical (unpaired) electrons. The Morgan fingerprint density at radius 1 is 1.10 bits per heavy atom. The standard InChI is InChI=1S/C18H20FNO/c1-10-4-6-13(19)9-14(10)20-15-8-12(3)17-11(2)5-7-16(21)18(15)17/h4-7,9,12,15,20-21H,8H2,1-3H3. The molecule has 3 heteroatoms. The molecule has 2 aromatic rings. The molecule has 0 spiro atoms. The highest BCUT2D eigenvalue weighted by Gasteiger charge is 2.32. The largest absolute Gasteiger partial charge is 0.508 e. The molecule has 0 fully saturated rings. The second-order valence-corrected chi connectivity index (χ2v) is 6.02. The Bertz CT molecular complexity index is 696. The second kappa shape index (κ2) is 5.06. The molecular formula is C18H20FNO. The Labute approximate surface area is 124 Å². The van der Waals surface area contributed by atoms with Crippen LogP contribution in [0.4, 0.5) is 10.1 Å². The molecule has 0 heterocycles. The van der Waals surface area contributed by atoms with E-state index in [0.29, 0.717) is 11.7 Å². The number of aryl methyl sites for hydroxylation is 2. The zero-order valence-corrected chi connectivity index (χ0v) is 12.6. The Hall–Kier alpha value is -2.03. The monoisotopic (exact) mass is 285 g/mol. The molecule has 3 rings (SSSR count). The molecule has 0 amide bonds. The summed E-state index contributed by atoms with van der Waals surface area (Å²) in [5, 5.41) is 13.6. The number of phenols is 1. The third-order valence-electron chi connectivity index (χ3n) is 4.44. The fourth-order valence-electron chi connectivity index (χ4n) is 3.41. The highest BCUT2D eigenvalue weighted by molar-refractivity contribution is 5.58. The number of hydrogen-bond donors (Lipinski definition) is 2. The molecule has 1 aliphatic carbocycles. The maximum absolute atomic E-state index is 13.4. The Balaban J connectivity index is 2.00. The van der Waals surface area contributed by atoms with Crippen LogP contribution in [0.25, 0.3) is 0 Å². The molecule has 2 atom stereocenters. The Morgan fingerprint density at radius 2 is 1.81 bits per heavy atom. The summed E-state index contributed by atoms with van der Waals surface area (Å²) in [4.78, 5) is 0. The van der Waals surface area contributed by atoms with Crippen molar-refractivity contribution in [3.8, 4) is 5.75 Å². The topological polar surface area (TPSA) is 32.3 Å². The van der Waals surface area contributed by atoms with Crippen LogP contribution < -0.4 is 5.32 Å². The molecule has 0 aliphatic heterocycles. The number of anilines is 1. The summed E-state index contributed by atoms with van der Waals surface area (Å²) in [5.41, 5.74) is 5.19. The summed E-state index contributed by atoms with van der Waals surface area (Å²) in [6.45, 7) is 6.20. The summed E-state index contributed by atoms with van der Waals surface area (Å²) in [5.74, 6) is 0.466. The molecule has 1 aliphatic rings. The van der Waals surface area contributed by atoms with Crippen molar-refractivity contribution in [3.63, 3.8) is 0 Å². The van der Waals surface area contributed by atoms with Crippen LogP contribution in [0.15, 0.2) is 30.3 Å². The van der Waals surface area contributed by atoms with Gasteiger partial charge in [-0.3, -0.25) is 0 Å². The predicted molar refractivity (Wildman–Crippen MR) is 83.4 cm³/mol. The molecule has 0 aromatic heterocycles. The van der Waals surface area contributed by atoms with E-state index in [2.05, 4.69) is 19.2 Å². The molecule has 110 valence electrons. The normalized spacial score (nSPS) is 20.4. The fraction of sp³-hybridized carbons (Fsp3) is 0.333. The summed E-state index contributed by atoms with van der Waals surface area (Å²) < 4.78 is 13.4. The third-order valence-corrected chi connectivity index (χ3v) is 4.44. The molecule has 0 bridgehead atoms. The van der Waals surface area contributed by atoms with Crippen LogP contribution in [-0.2, 0) is 0 Å². The quantitative estimate of drug-likeness (QED) is 0.830. The lowest BCUT2D eigenvalue weighted by molar-refractivity contribution is 0.465. The van der Waals surface area contributed by atoms with Crippen molar-refractivity contribution in [2.45, 2.75) is 39.2 Å². The van der Waals surface area contributed by atoms with Crippen LogP contribution in [0.3, 0.4) is 0 Å². The van der Waals surface area contributed by atoms with E-state index in [1.165, 1.54) is 23.3 Å². The summed E-state index contributed by atoms with van der Waals surface area (Å²) in [6, 6.07) is 8.49. The van der Waals surface area contributed by atoms with Gasteiger partial charge in [0, 0.05) is 11.3 Å². The van der Waals surface area contributed by atoms with Crippen LogP contribution in [0.2, 0.25) is 0 Å². The van der Waals surface area contributed by atoms with E-state index in [9.17, 15) is 9.50 Å². The number of nitrogens with one attached hydrogen (secondary N) is 1. The highest BCUT2D eigenvalue weighted by atomic mass is 19.1. The Kier molecular flexibility index (Phi) is 3.36. The number of benzene rings is 2. The number of phenolic OH excluding ortho intramolecular Hbond substituents is 1. The van der Waals surface area contributed by atoms with Gasteiger partial charge in [0.2, 0.25) is 0 Å². The summed E-state index contributed by atoms with van der Waals surface area (Å²) in [7, 11) is 0. The van der Waals surface area contributed by atoms with Crippen LogP contribution in [-0.4, -0.2) is 5.11 Å². The van der Waals surface area contributed by atoms with Gasteiger partial charge in [0.05, 0.1) is 6.04 Å². The Morgan fingerprint density at radius 3 is 2.57 bits per heavy atom. The van der Waals surface area contributed by atoms with Gasteiger partial charge in [-0.15, -0.1) is 0 Å². The lowest BCUT2D eigenvalue weighted by atomic mass is 9.97. The van der Waals surface area contributed by atoms with E-state index >= 15 is 0 Å². The van der Waals surface area contributed by atoms with Crippen molar-refractivity contribution in [1.29, 1.82) is 0 Å². The van der Waals surface area contributed by atoms with Gasteiger partial charge < -0.3 is 10.4 Å². The van der Waals surface area contributed by atoms with Gasteiger partial charge in [-0.2, -0.15) is 0 Å². The second-order valence-electron chi connectivity index (χ2n) is 6.02. The number of hydrogen-bond acceptors (Lipinski definition) is 2. The smallest absolute Gasteiger partial charge is 0.125 e. The number of aromatic hydroxyl groups is 1. The van der Waals surface area contributed by atoms with Crippen molar-refractivity contribution in [1.82, 2.24) is 0 Å². The minimum atomic E-state index is -0.247. The summed E-state index contributed by atoms with van der Waals surface area (Å²) in [6.07, 6.45) is 0.906. The van der Waals surface area contributed by atoms with Crippen LogP contribution >= 0.6 is 0 Å². The number of rotatable bonds is 2. The minimum Gasteiger partial charge on any atom is -0.508 e. The van der Waals surface area contributed by atoms with E-state index in [4.69, 9.17) is 0 Å². The molecular weight excluding hydrogens is 265 g/mol. The SMILES string of the molecule is Cc1ccc(F)cc1NC1CC(C)c2c(C)ccc(O)c21. The average molecular weight is 285 g/mol. The number of halogens is 1. The van der Waals surface area contributed by atoms with Crippen molar-refractivity contribution in [2.75, 3.05) is 5.32 Å². The first-order chi connectivity index (χ1) is 9.97. The van der Waals surface area contributed by atoms with E-state index in [1.807, 2.05) is 13.0 Å². The van der Waals surface area contributed by atoms with Crippen molar-refractivity contribution in [3.05, 3.63) is 58.4 Å². The maximum atomic E-state index is 13.4. The van der Waals surface area contributed by atoms with Crippen molar-refractivity contribution < 1.29 is 9.50 Å². The number of fused-ring (bicyclic) bond motifs is 1. The zero-order valence-electron chi connectivity index (χ0n) is 12.6. The fourth-order valence-corrected chi connectivity index (χ4v) is 3.41. The van der Waals surface area contributed by atoms with Gasteiger partial charge in [-0.05, 0) is 61.1 Å². The van der Waals surface area contributed by atoms with Gasteiger partial charge in [-0.1, -0.05) is 19.1 Å². The molecule has 2 nitrogen and oxygen atoms in total. The average Bonchev–Trinajstić information content (AvgIpc) is 2.76. The molecule has 2 aromatic carbocycles. The van der Waals surface area contributed by atoms with Crippen molar-refractivity contribution in [2.24, 2.45) is 0 Å². The van der Waals surface area contributed by atoms with Gasteiger partial charge >= 0.3 is 0 Å². The van der Waals surface area contributed by atoms with Gasteiger partial charge in [-0.25, -0.2) is 4.39 Å². The maximum Gasteiger partial charge on any atom is 0.125 e. The minimum absolute atomic E-state index is 0.0235. The van der Waals surface area contributed by atoms with E-state index in [-0.39, 0.29) is 11.9 Å². The predicted octanol–water partition coefficient (Wildman–Crippen LogP) is 4.81. The highest BCUT2D eigenvalue weighted by Crippen LogP contribution is 2.47. The molecule has 2 N–H and O–H groups in total. The van der Waals surface area contributed by atoms with E-state index < -0.39 is 0 Å². The zero-order chi connectivity index (χ0) is 15.1. The first-order valence-electron chi connectivity index (χ1n) is 7.32. The summed E-state index contributed by atoms with van der Waals surface area (Å²) >= 11 is 0. The van der Waals surface area contributed by atoms with Crippen molar-refractivity contribution >= 4 is 5.69 Å². The van der Waals surface area contributed by atoms with Gasteiger partial charge in [0.1, 0.15) is 11.6 Å². The molecule has 0 saturated heterocycles. The van der Waals surface area contributed by atoms with Crippen LogP contribution in [0.5, 0.6) is 5.75 Å². The molecule has 2 unspecified atom stereocenters. The lowest BCUT2D eigenvalue weighted by Gasteiger charge is -2.18.